The molecular weight excluding hydrogens is 292 g/mol. The topological polar surface area (TPSA) is 82.3 Å². The van der Waals surface area contributed by atoms with Crippen molar-refractivity contribution in [2.24, 2.45) is 0 Å². The van der Waals surface area contributed by atoms with Gasteiger partial charge in [0.2, 0.25) is 0 Å². The Morgan fingerprint density at radius 3 is 2.43 bits per heavy atom. The molecule has 0 radical (unpaired) electrons. The highest BCUT2D eigenvalue weighted by molar-refractivity contribution is 6.09. The van der Waals surface area contributed by atoms with E-state index in [1.165, 1.54) is 18.2 Å². The maximum absolute atomic E-state index is 12.1. The first-order valence-electron chi connectivity index (χ1n) is 7.07. The van der Waals surface area contributed by atoms with Gasteiger partial charge in [0.15, 0.2) is 0 Å². The maximum Gasteiger partial charge on any atom is 0.266 e. The zero-order valence-corrected chi connectivity index (χ0v) is 12.6. The summed E-state index contributed by atoms with van der Waals surface area (Å²) in [5.74, 6) is 0.331. The van der Waals surface area contributed by atoms with E-state index in [1.807, 2.05) is 13.0 Å². The van der Waals surface area contributed by atoms with Gasteiger partial charge in [-0.05, 0) is 55.0 Å². The minimum atomic E-state index is -0.507. The maximum atomic E-state index is 12.1. The van der Waals surface area contributed by atoms with Crippen molar-refractivity contribution in [1.29, 1.82) is 5.26 Å². The van der Waals surface area contributed by atoms with Crippen LogP contribution in [0.5, 0.6) is 11.5 Å². The highest BCUT2D eigenvalue weighted by Crippen LogP contribution is 2.17. The normalized spacial score (nSPS) is 10.7. The lowest BCUT2D eigenvalue weighted by atomic mass is 10.1. The van der Waals surface area contributed by atoms with Crippen LogP contribution in [0.1, 0.15) is 12.5 Å². The lowest BCUT2D eigenvalue weighted by molar-refractivity contribution is -0.112. The highest BCUT2D eigenvalue weighted by atomic mass is 16.5. The minimum Gasteiger partial charge on any atom is -0.508 e. The summed E-state index contributed by atoms with van der Waals surface area (Å²) in [5, 5.41) is 21.0. The van der Waals surface area contributed by atoms with Gasteiger partial charge in [-0.3, -0.25) is 4.79 Å². The number of nitriles is 1. The second-order valence-corrected chi connectivity index (χ2v) is 4.67. The van der Waals surface area contributed by atoms with Gasteiger partial charge >= 0.3 is 0 Å². The number of nitrogens with zero attached hydrogens (tertiary/aromatic N) is 1. The first-order chi connectivity index (χ1) is 11.1. The van der Waals surface area contributed by atoms with Crippen LogP contribution in [0.2, 0.25) is 0 Å². The number of carbonyl (C=O) groups excluding carboxylic acids is 1. The van der Waals surface area contributed by atoms with Gasteiger partial charge in [0.05, 0.1) is 6.61 Å². The summed E-state index contributed by atoms with van der Waals surface area (Å²) in [4.78, 5) is 12.1. The molecule has 2 aromatic carbocycles. The average Bonchev–Trinajstić information content (AvgIpc) is 2.56. The summed E-state index contributed by atoms with van der Waals surface area (Å²) in [6.45, 7) is 2.48. The fraction of sp³-hybridized carbons (Fsp3) is 0.111. The van der Waals surface area contributed by atoms with Gasteiger partial charge in [-0.2, -0.15) is 5.26 Å². The Balaban J connectivity index is 2.12. The predicted octanol–water partition coefficient (Wildman–Crippen LogP) is 3.34. The van der Waals surface area contributed by atoms with E-state index in [4.69, 9.17) is 4.74 Å². The van der Waals surface area contributed by atoms with E-state index in [0.717, 1.165) is 11.3 Å². The quantitative estimate of drug-likeness (QED) is 0.504. The molecule has 0 spiro atoms. The molecule has 1 amide bonds. The highest BCUT2D eigenvalue weighted by Gasteiger charge is 2.09. The van der Waals surface area contributed by atoms with Crippen molar-refractivity contribution in [3.63, 3.8) is 0 Å². The molecular formula is C18H16N2O3. The second kappa shape index (κ2) is 7.66. The number of amides is 1. The molecule has 2 rings (SSSR count). The van der Waals surface area contributed by atoms with Crippen LogP contribution < -0.4 is 10.1 Å². The molecule has 23 heavy (non-hydrogen) atoms. The smallest absolute Gasteiger partial charge is 0.266 e. The molecule has 0 atom stereocenters. The first-order valence-corrected chi connectivity index (χ1v) is 7.07. The molecule has 0 saturated heterocycles. The van der Waals surface area contributed by atoms with E-state index in [9.17, 15) is 15.2 Å². The fourth-order valence-electron chi connectivity index (χ4n) is 1.89. The molecule has 0 fully saturated rings. The zero-order chi connectivity index (χ0) is 16.7. The number of phenols is 1. The number of benzene rings is 2. The van der Waals surface area contributed by atoms with Gasteiger partial charge in [-0.25, -0.2) is 0 Å². The van der Waals surface area contributed by atoms with E-state index in [0.29, 0.717) is 12.3 Å². The molecule has 2 N–H and O–H groups in total. The molecule has 5 nitrogen and oxygen atoms in total. The lowest BCUT2D eigenvalue weighted by Gasteiger charge is -2.05. The van der Waals surface area contributed by atoms with E-state index in [2.05, 4.69) is 5.32 Å². The SMILES string of the molecule is CCOc1ccc(C=C(C#N)C(=O)Nc2ccc(O)cc2)cc1. The van der Waals surface area contributed by atoms with Crippen molar-refractivity contribution in [3.05, 3.63) is 59.7 Å². The van der Waals surface area contributed by atoms with E-state index in [-0.39, 0.29) is 11.3 Å². The Hall–Kier alpha value is -3.26. The molecule has 0 unspecified atom stereocenters. The van der Waals surface area contributed by atoms with Crippen molar-refractivity contribution in [3.8, 4) is 17.6 Å². The molecule has 0 aliphatic heterocycles. The minimum absolute atomic E-state index is 0.0118. The number of phenolic OH excluding ortho intramolecular Hbond substituents is 1. The summed E-state index contributed by atoms with van der Waals surface area (Å²) in [6, 6.07) is 15.0. The fourth-order valence-corrected chi connectivity index (χ4v) is 1.89. The van der Waals surface area contributed by atoms with Crippen molar-refractivity contribution < 1.29 is 14.6 Å². The van der Waals surface area contributed by atoms with Crippen LogP contribution in [-0.4, -0.2) is 17.6 Å². The summed E-state index contributed by atoms with van der Waals surface area (Å²) >= 11 is 0. The zero-order valence-electron chi connectivity index (χ0n) is 12.6. The number of aromatic hydroxyl groups is 1. The number of rotatable bonds is 5. The number of carbonyl (C=O) groups is 1. The number of anilines is 1. The standard InChI is InChI=1S/C18H16N2O3/c1-2-23-17-9-3-13(4-10-17)11-14(12-19)18(22)20-15-5-7-16(21)8-6-15/h3-11,21H,2H2,1H3,(H,20,22). The monoisotopic (exact) mass is 308 g/mol. The summed E-state index contributed by atoms with van der Waals surface area (Å²) < 4.78 is 5.34. The Bertz CT molecular complexity index is 741. The Morgan fingerprint density at radius 2 is 1.87 bits per heavy atom. The van der Waals surface area contributed by atoms with Gasteiger partial charge in [0, 0.05) is 5.69 Å². The molecule has 0 bridgehead atoms. The van der Waals surface area contributed by atoms with Crippen molar-refractivity contribution >= 4 is 17.7 Å². The van der Waals surface area contributed by atoms with Crippen LogP contribution in [-0.2, 0) is 4.79 Å². The van der Waals surface area contributed by atoms with Gasteiger partial charge in [-0.15, -0.1) is 0 Å². The van der Waals surface area contributed by atoms with Crippen LogP contribution >= 0.6 is 0 Å². The average molecular weight is 308 g/mol. The molecule has 0 aromatic heterocycles. The van der Waals surface area contributed by atoms with Crippen LogP contribution in [0.3, 0.4) is 0 Å². The summed E-state index contributed by atoms with van der Waals surface area (Å²) in [5.41, 5.74) is 1.22. The van der Waals surface area contributed by atoms with Crippen molar-refractivity contribution in [1.82, 2.24) is 0 Å². The van der Waals surface area contributed by atoms with Crippen LogP contribution in [0, 0.1) is 11.3 Å². The molecule has 5 heteroatoms. The van der Waals surface area contributed by atoms with Gasteiger partial charge < -0.3 is 15.2 Å². The van der Waals surface area contributed by atoms with Gasteiger partial charge in [0.25, 0.3) is 5.91 Å². The third-order valence-corrected chi connectivity index (χ3v) is 2.99. The molecule has 0 aliphatic rings. The van der Waals surface area contributed by atoms with E-state index < -0.39 is 5.91 Å². The number of hydrogen-bond acceptors (Lipinski definition) is 4. The van der Waals surface area contributed by atoms with E-state index in [1.54, 1.807) is 36.4 Å². The van der Waals surface area contributed by atoms with E-state index >= 15 is 0 Å². The predicted molar refractivity (Wildman–Crippen MR) is 87.9 cm³/mol. The van der Waals surface area contributed by atoms with Crippen LogP contribution in [0.4, 0.5) is 5.69 Å². The van der Waals surface area contributed by atoms with Gasteiger partial charge in [0.1, 0.15) is 23.1 Å². The third kappa shape index (κ3) is 4.61. The molecule has 116 valence electrons. The Morgan fingerprint density at radius 1 is 1.22 bits per heavy atom. The lowest BCUT2D eigenvalue weighted by Crippen LogP contribution is -2.13. The Kier molecular flexibility index (Phi) is 5.37. The first kappa shape index (κ1) is 16.1. The Labute approximate surface area is 134 Å². The summed E-state index contributed by atoms with van der Waals surface area (Å²) in [6.07, 6.45) is 1.51. The second-order valence-electron chi connectivity index (χ2n) is 4.67. The van der Waals surface area contributed by atoms with Crippen molar-refractivity contribution in [2.75, 3.05) is 11.9 Å². The molecule has 0 aliphatic carbocycles. The largest absolute Gasteiger partial charge is 0.508 e. The third-order valence-electron chi connectivity index (χ3n) is 2.99. The molecule has 0 saturated carbocycles. The van der Waals surface area contributed by atoms with Gasteiger partial charge in [-0.1, -0.05) is 12.1 Å². The molecule has 0 heterocycles. The number of hydrogen-bond donors (Lipinski definition) is 2. The van der Waals surface area contributed by atoms with Crippen LogP contribution in [0.15, 0.2) is 54.1 Å². The summed E-state index contributed by atoms with van der Waals surface area (Å²) in [7, 11) is 0. The number of nitrogens with one attached hydrogen (secondary N) is 1. The van der Waals surface area contributed by atoms with Crippen LogP contribution in [0.25, 0.3) is 6.08 Å². The molecule has 2 aromatic rings. The van der Waals surface area contributed by atoms with Crippen molar-refractivity contribution in [2.45, 2.75) is 6.92 Å². The number of ether oxygens (including phenoxy) is 1.